The van der Waals surface area contributed by atoms with E-state index in [-0.39, 0.29) is 5.91 Å². The molecule has 0 spiro atoms. The molecule has 1 aromatic heterocycles. The van der Waals surface area contributed by atoms with E-state index >= 15 is 0 Å². The van der Waals surface area contributed by atoms with E-state index in [1.54, 1.807) is 12.1 Å². The highest BCUT2D eigenvalue weighted by molar-refractivity contribution is 6.03. The summed E-state index contributed by atoms with van der Waals surface area (Å²) in [6, 6.07) is 9.13. The van der Waals surface area contributed by atoms with Gasteiger partial charge in [0.2, 0.25) is 0 Å². The van der Waals surface area contributed by atoms with Crippen molar-refractivity contribution in [1.82, 2.24) is 4.98 Å². The average Bonchev–Trinajstić information content (AvgIpc) is 2.41. The van der Waals surface area contributed by atoms with E-state index in [4.69, 9.17) is 5.73 Å². The van der Waals surface area contributed by atoms with Crippen molar-refractivity contribution in [3.05, 3.63) is 47.8 Å². The van der Waals surface area contributed by atoms with Gasteiger partial charge in [-0.05, 0) is 42.8 Å². The average molecular weight is 270 g/mol. The molecule has 1 aromatic carbocycles. The van der Waals surface area contributed by atoms with Crippen LogP contribution in [0.25, 0.3) is 0 Å². The summed E-state index contributed by atoms with van der Waals surface area (Å²) < 4.78 is 0. The lowest BCUT2D eigenvalue weighted by molar-refractivity contribution is 0.102. The molecule has 0 aliphatic rings. The molecule has 104 valence electrons. The van der Waals surface area contributed by atoms with Crippen molar-refractivity contribution in [2.45, 2.75) is 6.92 Å². The van der Waals surface area contributed by atoms with Gasteiger partial charge in [-0.2, -0.15) is 0 Å². The number of benzene rings is 1. The van der Waals surface area contributed by atoms with E-state index in [1.807, 2.05) is 44.1 Å². The zero-order chi connectivity index (χ0) is 14.7. The van der Waals surface area contributed by atoms with Crippen LogP contribution in [0, 0.1) is 6.92 Å². The number of aryl methyl sites for hydroxylation is 1. The summed E-state index contributed by atoms with van der Waals surface area (Å²) in [5.74, 6) is -0.245. The number of nitrogen functional groups attached to an aromatic ring is 1. The Kier molecular flexibility index (Phi) is 3.89. The van der Waals surface area contributed by atoms with Crippen molar-refractivity contribution in [1.29, 1.82) is 0 Å². The van der Waals surface area contributed by atoms with Crippen LogP contribution in [0.4, 0.5) is 17.1 Å². The lowest BCUT2D eigenvalue weighted by Crippen LogP contribution is -2.15. The van der Waals surface area contributed by atoms with Crippen LogP contribution >= 0.6 is 0 Å². The Labute approximate surface area is 118 Å². The molecule has 0 atom stereocenters. The summed E-state index contributed by atoms with van der Waals surface area (Å²) in [5.41, 5.74) is 9.29. The second-order valence-corrected chi connectivity index (χ2v) is 4.82. The maximum atomic E-state index is 12.1. The van der Waals surface area contributed by atoms with E-state index in [2.05, 4.69) is 10.3 Å². The van der Waals surface area contributed by atoms with Crippen molar-refractivity contribution in [3.8, 4) is 0 Å². The Hall–Kier alpha value is -2.56. The number of nitrogens with zero attached hydrogens (tertiary/aromatic N) is 2. The molecule has 5 heteroatoms. The van der Waals surface area contributed by atoms with Crippen LogP contribution in [-0.2, 0) is 0 Å². The summed E-state index contributed by atoms with van der Waals surface area (Å²) in [6.07, 6.45) is 1.47. The second-order valence-electron chi connectivity index (χ2n) is 4.82. The number of aromatic nitrogens is 1. The number of nitrogens with two attached hydrogens (primary N) is 1. The Balaban J connectivity index is 2.17. The van der Waals surface area contributed by atoms with Crippen molar-refractivity contribution in [2.24, 2.45) is 0 Å². The standard InChI is InChI=1S/C15H18N4O/c1-10-8-12(19(2)3)5-7-13(10)18-15(20)14-6-4-11(16)9-17-14/h4-9H,16H2,1-3H3,(H,18,20). The number of hydrogen-bond donors (Lipinski definition) is 2. The molecule has 5 nitrogen and oxygen atoms in total. The Bertz CT molecular complexity index is 620. The van der Waals surface area contributed by atoms with Crippen molar-refractivity contribution in [3.63, 3.8) is 0 Å². The van der Waals surface area contributed by atoms with Gasteiger partial charge in [0.1, 0.15) is 5.69 Å². The van der Waals surface area contributed by atoms with Crippen LogP contribution in [0.3, 0.4) is 0 Å². The van der Waals surface area contributed by atoms with Crippen LogP contribution < -0.4 is 16.0 Å². The van der Waals surface area contributed by atoms with Crippen LogP contribution in [0.15, 0.2) is 36.5 Å². The molecule has 20 heavy (non-hydrogen) atoms. The molecule has 3 N–H and O–H groups in total. The van der Waals surface area contributed by atoms with E-state index < -0.39 is 0 Å². The van der Waals surface area contributed by atoms with Crippen LogP contribution in [-0.4, -0.2) is 25.0 Å². The number of rotatable bonds is 3. The van der Waals surface area contributed by atoms with E-state index in [0.29, 0.717) is 11.4 Å². The summed E-state index contributed by atoms with van der Waals surface area (Å²) in [4.78, 5) is 18.1. The van der Waals surface area contributed by atoms with E-state index in [0.717, 1.165) is 16.9 Å². The molecule has 2 aromatic rings. The number of anilines is 3. The quantitative estimate of drug-likeness (QED) is 0.897. The number of carbonyl (C=O) groups excluding carboxylic acids is 1. The van der Waals surface area contributed by atoms with Gasteiger partial charge in [-0.1, -0.05) is 0 Å². The molecular weight excluding hydrogens is 252 g/mol. The van der Waals surface area contributed by atoms with Gasteiger partial charge >= 0.3 is 0 Å². The molecule has 0 aliphatic carbocycles. The van der Waals surface area contributed by atoms with E-state index in [1.165, 1.54) is 6.20 Å². The summed E-state index contributed by atoms with van der Waals surface area (Å²) in [5, 5.41) is 2.85. The number of carbonyl (C=O) groups is 1. The number of hydrogen-bond acceptors (Lipinski definition) is 4. The lowest BCUT2D eigenvalue weighted by atomic mass is 10.1. The first-order valence-corrected chi connectivity index (χ1v) is 6.28. The maximum Gasteiger partial charge on any atom is 0.274 e. The van der Waals surface area contributed by atoms with Crippen molar-refractivity contribution < 1.29 is 4.79 Å². The minimum absolute atomic E-state index is 0.245. The first kappa shape index (κ1) is 13.9. The van der Waals surface area contributed by atoms with Gasteiger partial charge in [0.05, 0.1) is 11.9 Å². The normalized spacial score (nSPS) is 10.2. The molecule has 0 bridgehead atoms. The minimum Gasteiger partial charge on any atom is -0.397 e. The molecule has 1 amide bonds. The topological polar surface area (TPSA) is 71.2 Å². The molecule has 0 saturated heterocycles. The van der Waals surface area contributed by atoms with Crippen LogP contribution in [0.5, 0.6) is 0 Å². The monoisotopic (exact) mass is 270 g/mol. The summed E-state index contributed by atoms with van der Waals surface area (Å²) in [6.45, 7) is 1.96. The number of nitrogens with one attached hydrogen (secondary N) is 1. The van der Waals surface area contributed by atoms with E-state index in [9.17, 15) is 4.79 Å². The third-order valence-corrected chi connectivity index (χ3v) is 2.99. The lowest BCUT2D eigenvalue weighted by Gasteiger charge is -2.15. The van der Waals surface area contributed by atoms with Crippen LogP contribution in [0.2, 0.25) is 0 Å². The van der Waals surface area contributed by atoms with Gasteiger partial charge < -0.3 is 16.0 Å². The highest BCUT2D eigenvalue weighted by Crippen LogP contribution is 2.21. The molecular formula is C15H18N4O. The molecule has 1 heterocycles. The molecule has 0 aliphatic heterocycles. The van der Waals surface area contributed by atoms with Crippen molar-refractivity contribution in [2.75, 3.05) is 30.0 Å². The molecule has 0 unspecified atom stereocenters. The predicted molar refractivity (Wildman–Crippen MR) is 82.1 cm³/mol. The van der Waals surface area contributed by atoms with Crippen LogP contribution in [0.1, 0.15) is 16.1 Å². The number of amides is 1. The molecule has 0 fully saturated rings. The number of pyridine rings is 1. The zero-order valence-electron chi connectivity index (χ0n) is 11.8. The maximum absolute atomic E-state index is 12.1. The van der Waals surface area contributed by atoms with Gasteiger partial charge in [0, 0.05) is 25.5 Å². The molecule has 0 saturated carbocycles. The zero-order valence-corrected chi connectivity index (χ0v) is 11.8. The third kappa shape index (κ3) is 3.06. The van der Waals surface area contributed by atoms with Crippen molar-refractivity contribution >= 4 is 23.0 Å². The van der Waals surface area contributed by atoms with Gasteiger partial charge in [-0.15, -0.1) is 0 Å². The third-order valence-electron chi connectivity index (χ3n) is 2.99. The highest BCUT2D eigenvalue weighted by Gasteiger charge is 2.09. The van der Waals surface area contributed by atoms with Gasteiger partial charge in [-0.3, -0.25) is 4.79 Å². The first-order chi connectivity index (χ1) is 9.47. The SMILES string of the molecule is Cc1cc(N(C)C)ccc1NC(=O)c1ccc(N)cn1. The smallest absolute Gasteiger partial charge is 0.274 e. The Morgan fingerprint density at radius 3 is 2.55 bits per heavy atom. The van der Waals surface area contributed by atoms with Gasteiger partial charge in [0.15, 0.2) is 0 Å². The molecule has 2 rings (SSSR count). The minimum atomic E-state index is -0.245. The predicted octanol–water partition coefficient (Wildman–Crippen LogP) is 2.29. The Morgan fingerprint density at radius 1 is 1.25 bits per heavy atom. The highest BCUT2D eigenvalue weighted by atomic mass is 16.1. The summed E-state index contributed by atoms with van der Waals surface area (Å²) >= 11 is 0. The Morgan fingerprint density at radius 2 is 2.00 bits per heavy atom. The largest absolute Gasteiger partial charge is 0.397 e. The fourth-order valence-electron chi connectivity index (χ4n) is 1.79. The fourth-order valence-corrected chi connectivity index (χ4v) is 1.79. The van der Waals surface area contributed by atoms with Gasteiger partial charge in [-0.25, -0.2) is 4.98 Å². The van der Waals surface area contributed by atoms with Gasteiger partial charge in [0.25, 0.3) is 5.91 Å². The first-order valence-electron chi connectivity index (χ1n) is 6.28. The molecule has 0 radical (unpaired) electrons. The fraction of sp³-hybridized carbons (Fsp3) is 0.200. The summed E-state index contributed by atoms with van der Waals surface area (Å²) in [7, 11) is 3.96. The second kappa shape index (κ2) is 5.61.